The third kappa shape index (κ3) is 5.66. The highest BCUT2D eigenvalue weighted by Crippen LogP contribution is 2.20. The zero-order valence-electron chi connectivity index (χ0n) is 17.4. The van der Waals surface area contributed by atoms with Gasteiger partial charge in [-0.2, -0.15) is 4.31 Å². The van der Waals surface area contributed by atoms with E-state index >= 15 is 0 Å². The molecule has 0 aliphatic carbocycles. The van der Waals surface area contributed by atoms with Crippen LogP contribution in [0.25, 0.3) is 0 Å². The molecule has 2 N–H and O–H groups in total. The van der Waals surface area contributed by atoms with Gasteiger partial charge in [-0.25, -0.2) is 17.6 Å². The molecule has 31 heavy (non-hydrogen) atoms. The van der Waals surface area contributed by atoms with Crippen molar-refractivity contribution in [3.63, 3.8) is 0 Å². The fraction of sp³-hybridized carbons (Fsp3) is 0.333. The summed E-state index contributed by atoms with van der Waals surface area (Å²) in [6.07, 6.45) is 0. The van der Waals surface area contributed by atoms with Crippen LogP contribution in [-0.2, 0) is 14.8 Å². The normalized spacial score (nSPS) is 15.5. The van der Waals surface area contributed by atoms with E-state index in [4.69, 9.17) is 0 Å². The van der Waals surface area contributed by atoms with Gasteiger partial charge in [-0.1, -0.05) is 29.8 Å². The van der Waals surface area contributed by atoms with Gasteiger partial charge in [0.25, 0.3) is 0 Å². The number of amides is 3. The van der Waals surface area contributed by atoms with Crippen LogP contribution in [0.5, 0.6) is 0 Å². The number of hydrogen-bond acceptors (Lipinski definition) is 5. The van der Waals surface area contributed by atoms with E-state index in [1.807, 2.05) is 26.0 Å². The van der Waals surface area contributed by atoms with E-state index in [1.165, 1.54) is 22.5 Å². The van der Waals surface area contributed by atoms with E-state index in [9.17, 15) is 22.4 Å². The minimum atomic E-state index is -3.94. The minimum Gasteiger partial charge on any atom is -0.307 e. The van der Waals surface area contributed by atoms with Crippen LogP contribution in [-0.4, -0.2) is 62.3 Å². The standard InChI is InChI=1S/C21H25FN4O4S/c1-15-7-8-18(16(2)13-15)23-21(28)24-20(27)14-25-9-11-26(12-10-25)31(29,30)19-6-4-3-5-17(19)22/h3-8,13H,9-12,14H2,1-2H3,(H2,23,24,27,28). The molecule has 8 nitrogen and oxygen atoms in total. The van der Waals surface area contributed by atoms with Crippen LogP contribution in [0, 0.1) is 19.7 Å². The molecule has 3 amide bonds. The number of carbonyl (C=O) groups excluding carboxylic acids is 2. The van der Waals surface area contributed by atoms with Crippen molar-refractivity contribution in [2.24, 2.45) is 0 Å². The Balaban J connectivity index is 1.50. The van der Waals surface area contributed by atoms with Crippen molar-refractivity contribution in [2.45, 2.75) is 18.7 Å². The minimum absolute atomic E-state index is 0.0477. The number of nitrogens with zero attached hydrogens (tertiary/aromatic N) is 2. The third-order valence-electron chi connectivity index (χ3n) is 5.04. The van der Waals surface area contributed by atoms with E-state index in [-0.39, 0.29) is 24.5 Å². The molecule has 0 unspecified atom stereocenters. The highest BCUT2D eigenvalue weighted by atomic mass is 32.2. The first-order valence-corrected chi connectivity index (χ1v) is 11.3. The lowest BCUT2D eigenvalue weighted by atomic mass is 10.1. The molecule has 1 fully saturated rings. The van der Waals surface area contributed by atoms with Crippen molar-refractivity contribution in [2.75, 3.05) is 38.0 Å². The van der Waals surface area contributed by atoms with Gasteiger partial charge in [0.15, 0.2) is 0 Å². The van der Waals surface area contributed by atoms with Crippen LogP contribution in [0.1, 0.15) is 11.1 Å². The summed E-state index contributed by atoms with van der Waals surface area (Å²) in [4.78, 5) is 25.7. The number of hydrogen-bond donors (Lipinski definition) is 2. The lowest BCUT2D eigenvalue weighted by molar-refractivity contribution is -0.121. The topological polar surface area (TPSA) is 98.8 Å². The molecule has 0 aromatic heterocycles. The van der Waals surface area contributed by atoms with Crippen LogP contribution in [0.15, 0.2) is 47.4 Å². The molecule has 2 aromatic rings. The fourth-order valence-corrected chi connectivity index (χ4v) is 4.88. The van der Waals surface area contributed by atoms with Gasteiger partial charge in [0.05, 0.1) is 6.54 Å². The second-order valence-electron chi connectivity index (χ2n) is 7.43. The zero-order chi connectivity index (χ0) is 22.6. The predicted octanol–water partition coefficient (Wildman–Crippen LogP) is 2.10. The quantitative estimate of drug-likeness (QED) is 0.730. The van der Waals surface area contributed by atoms with E-state index < -0.39 is 27.8 Å². The number of rotatable bonds is 5. The number of nitrogens with one attached hydrogen (secondary N) is 2. The van der Waals surface area contributed by atoms with Gasteiger partial charge in [0.2, 0.25) is 15.9 Å². The Hall–Kier alpha value is -2.82. The molecule has 0 saturated carbocycles. The molecular weight excluding hydrogens is 423 g/mol. The SMILES string of the molecule is Cc1ccc(NC(=O)NC(=O)CN2CCN(S(=O)(=O)c3ccccc3F)CC2)c(C)c1. The molecule has 0 radical (unpaired) electrons. The summed E-state index contributed by atoms with van der Waals surface area (Å²) in [5, 5.41) is 4.92. The molecule has 1 aliphatic rings. The molecule has 0 bridgehead atoms. The molecule has 166 valence electrons. The predicted molar refractivity (Wildman–Crippen MR) is 115 cm³/mol. The number of imide groups is 1. The Bertz CT molecular complexity index is 1080. The first-order valence-electron chi connectivity index (χ1n) is 9.82. The maximum absolute atomic E-state index is 13.9. The molecule has 0 spiro atoms. The maximum atomic E-state index is 13.9. The molecular formula is C21H25FN4O4S. The van der Waals surface area contributed by atoms with E-state index in [0.29, 0.717) is 18.8 Å². The Labute approximate surface area is 181 Å². The van der Waals surface area contributed by atoms with Crippen molar-refractivity contribution in [1.29, 1.82) is 0 Å². The van der Waals surface area contributed by atoms with Crippen LogP contribution in [0.2, 0.25) is 0 Å². The number of anilines is 1. The number of carbonyl (C=O) groups is 2. The summed E-state index contributed by atoms with van der Waals surface area (Å²) in [6.45, 7) is 4.59. The second kappa shape index (κ2) is 9.54. The molecule has 2 aromatic carbocycles. The van der Waals surface area contributed by atoms with Gasteiger partial charge in [0.1, 0.15) is 10.7 Å². The van der Waals surface area contributed by atoms with Crippen molar-refractivity contribution in [3.05, 3.63) is 59.4 Å². The van der Waals surface area contributed by atoms with Crippen LogP contribution < -0.4 is 10.6 Å². The fourth-order valence-electron chi connectivity index (χ4n) is 3.40. The average Bonchev–Trinajstić information content (AvgIpc) is 2.70. The van der Waals surface area contributed by atoms with E-state index in [0.717, 1.165) is 17.2 Å². The van der Waals surface area contributed by atoms with Gasteiger partial charge in [0, 0.05) is 31.9 Å². The maximum Gasteiger partial charge on any atom is 0.325 e. The summed E-state index contributed by atoms with van der Waals surface area (Å²) in [5.41, 5.74) is 2.56. The van der Waals surface area contributed by atoms with Crippen molar-refractivity contribution < 1.29 is 22.4 Å². The first-order chi connectivity index (χ1) is 14.7. The largest absolute Gasteiger partial charge is 0.325 e. The van der Waals surface area contributed by atoms with Crippen LogP contribution in [0.3, 0.4) is 0 Å². The molecule has 0 atom stereocenters. The monoisotopic (exact) mass is 448 g/mol. The Morgan fingerprint density at radius 2 is 1.71 bits per heavy atom. The molecule has 3 rings (SSSR count). The lowest BCUT2D eigenvalue weighted by Crippen LogP contribution is -2.51. The molecule has 1 saturated heterocycles. The Kier molecular flexibility index (Phi) is 7.04. The second-order valence-corrected chi connectivity index (χ2v) is 9.34. The summed E-state index contributed by atoms with van der Waals surface area (Å²) >= 11 is 0. The number of piperazine rings is 1. The zero-order valence-corrected chi connectivity index (χ0v) is 18.2. The lowest BCUT2D eigenvalue weighted by Gasteiger charge is -2.33. The molecule has 1 heterocycles. The summed E-state index contributed by atoms with van der Waals surface area (Å²) in [6, 6.07) is 10.2. The molecule has 1 aliphatic heterocycles. The van der Waals surface area contributed by atoms with Gasteiger partial charge >= 0.3 is 6.03 Å². The van der Waals surface area contributed by atoms with E-state index in [1.54, 1.807) is 11.0 Å². The Morgan fingerprint density at radius 3 is 2.35 bits per heavy atom. The van der Waals surface area contributed by atoms with Gasteiger partial charge in [-0.3, -0.25) is 15.0 Å². The third-order valence-corrected chi connectivity index (χ3v) is 6.97. The van der Waals surface area contributed by atoms with Crippen LogP contribution >= 0.6 is 0 Å². The van der Waals surface area contributed by atoms with Gasteiger partial charge < -0.3 is 5.32 Å². The summed E-state index contributed by atoms with van der Waals surface area (Å²) in [5.74, 6) is -1.29. The highest BCUT2D eigenvalue weighted by molar-refractivity contribution is 7.89. The number of urea groups is 1. The van der Waals surface area contributed by atoms with Gasteiger partial charge in [-0.15, -0.1) is 0 Å². The highest BCUT2D eigenvalue weighted by Gasteiger charge is 2.31. The molecule has 10 heteroatoms. The Morgan fingerprint density at radius 1 is 1.03 bits per heavy atom. The first kappa shape index (κ1) is 22.9. The van der Waals surface area contributed by atoms with Gasteiger partial charge in [-0.05, 0) is 37.6 Å². The smallest absolute Gasteiger partial charge is 0.307 e. The number of sulfonamides is 1. The van der Waals surface area contributed by atoms with Crippen LogP contribution in [0.4, 0.5) is 14.9 Å². The van der Waals surface area contributed by atoms with Crippen molar-refractivity contribution in [1.82, 2.24) is 14.5 Å². The number of halogens is 1. The number of benzene rings is 2. The van der Waals surface area contributed by atoms with E-state index in [2.05, 4.69) is 10.6 Å². The van der Waals surface area contributed by atoms with Crippen molar-refractivity contribution in [3.8, 4) is 0 Å². The summed E-state index contributed by atoms with van der Waals surface area (Å²) in [7, 11) is -3.94. The van der Waals surface area contributed by atoms with Crippen molar-refractivity contribution >= 4 is 27.6 Å². The summed E-state index contributed by atoms with van der Waals surface area (Å²) < 4.78 is 40.4. The number of aryl methyl sites for hydroxylation is 2. The average molecular weight is 449 g/mol.